The number of aromatic nitrogens is 2. The maximum Gasteiger partial charge on any atom is 0.246 e. The van der Waals surface area contributed by atoms with Crippen LogP contribution in [0.15, 0.2) is 22.6 Å². The Balaban J connectivity index is 1.47. The van der Waals surface area contributed by atoms with Crippen LogP contribution in [0.25, 0.3) is 0 Å². The summed E-state index contributed by atoms with van der Waals surface area (Å²) in [7, 11) is 2.07. The minimum absolute atomic E-state index is 0.155. The molecule has 1 aromatic heterocycles. The van der Waals surface area contributed by atoms with Crippen molar-refractivity contribution in [2.75, 3.05) is 33.4 Å². The molecule has 0 saturated carbocycles. The fraction of sp³-hybridized carbons (Fsp3) is 0.529. The third kappa shape index (κ3) is 3.22. The van der Waals surface area contributed by atoms with E-state index in [9.17, 15) is 0 Å². The van der Waals surface area contributed by atoms with Crippen LogP contribution in [0.4, 0.5) is 0 Å². The van der Waals surface area contributed by atoms with Crippen LogP contribution < -0.4 is 9.47 Å². The van der Waals surface area contributed by atoms with Crippen LogP contribution in [0.5, 0.6) is 11.5 Å². The zero-order chi connectivity index (χ0) is 16.5. The molecule has 2 atom stereocenters. The molecule has 2 aliphatic heterocycles. The summed E-state index contributed by atoms with van der Waals surface area (Å²) in [5.41, 5.74) is 1.05. The van der Waals surface area contributed by atoms with Crippen LogP contribution in [-0.2, 0) is 11.2 Å². The molecular weight excluding hydrogens is 310 g/mol. The van der Waals surface area contributed by atoms with E-state index in [-0.39, 0.29) is 12.2 Å². The predicted octanol–water partition coefficient (Wildman–Crippen LogP) is 1.82. The highest BCUT2D eigenvalue weighted by molar-refractivity contribution is 5.44. The monoisotopic (exact) mass is 331 g/mol. The summed E-state index contributed by atoms with van der Waals surface area (Å²) in [6, 6.07) is 5.87. The number of likely N-dealkylation sites (N-methyl/N-ethyl adjacent to an activating group) is 1. The van der Waals surface area contributed by atoms with Crippen molar-refractivity contribution in [3.63, 3.8) is 0 Å². The summed E-state index contributed by atoms with van der Waals surface area (Å²) in [6.45, 7) is 4.89. The van der Waals surface area contributed by atoms with Crippen LogP contribution >= 0.6 is 0 Å². The Hall–Kier alpha value is -2.12. The van der Waals surface area contributed by atoms with Gasteiger partial charge in [0.1, 0.15) is 19.3 Å². The van der Waals surface area contributed by atoms with Gasteiger partial charge < -0.3 is 23.5 Å². The topological polar surface area (TPSA) is 69.9 Å². The van der Waals surface area contributed by atoms with Gasteiger partial charge in [0.05, 0.1) is 12.5 Å². The van der Waals surface area contributed by atoms with Crippen molar-refractivity contribution in [3.05, 3.63) is 35.5 Å². The maximum absolute atomic E-state index is 5.91. The molecule has 24 heavy (non-hydrogen) atoms. The van der Waals surface area contributed by atoms with Gasteiger partial charge in [-0.2, -0.15) is 0 Å². The molecule has 0 unspecified atom stereocenters. The molecule has 0 spiro atoms. The molecule has 2 aromatic rings. The summed E-state index contributed by atoms with van der Waals surface area (Å²) in [6.07, 6.45) is 0.545. The molecule has 128 valence electrons. The fourth-order valence-electron chi connectivity index (χ4n) is 3.14. The van der Waals surface area contributed by atoms with Crippen LogP contribution in [0, 0.1) is 0 Å². The Morgan fingerprint density at radius 1 is 1.12 bits per heavy atom. The first-order chi connectivity index (χ1) is 11.7. The van der Waals surface area contributed by atoms with Crippen molar-refractivity contribution in [1.82, 2.24) is 15.1 Å². The molecule has 0 aliphatic carbocycles. The minimum atomic E-state index is -0.166. The van der Waals surface area contributed by atoms with Gasteiger partial charge in [0.2, 0.25) is 11.8 Å². The lowest BCUT2D eigenvalue weighted by molar-refractivity contribution is -0.0825. The second kappa shape index (κ2) is 6.41. The molecule has 1 saturated heterocycles. The number of ether oxygens (including phenoxy) is 3. The first-order valence-corrected chi connectivity index (χ1v) is 8.22. The Morgan fingerprint density at radius 2 is 1.96 bits per heavy atom. The van der Waals surface area contributed by atoms with E-state index in [2.05, 4.69) is 29.1 Å². The minimum Gasteiger partial charge on any atom is -0.486 e. The fourth-order valence-corrected chi connectivity index (χ4v) is 3.14. The Morgan fingerprint density at radius 3 is 2.79 bits per heavy atom. The quantitative estimate of drug-likeness (QED) is 0.849. The Labute approximate surface area is 140 Å². The average molecular weight is 331 g/mol. The molecule has 1 aromatic carbocycles. The van der Waals surface area contributed by atoms with Gasteiger partial charge in [-0.25, -0.2) is 0 Å². The van der Waals surface area contributed by atoms with Crippen LogP contribution in [0.2, 0.25) is 0 Å². The number of rotatable bonds is 3. The average Bonchev–Trinajstić information content (AvgIpc) is 3.02. The zero-order valence-corrected chi connectivity index (χ0v) is 13.9. The third-order valence-electron chi connectivity index (χ3n) is 4.16. The van der Waals surface area contributed by atoms with Gasteiger partial charge in [-0.05, 0) is 31.7 Å². The predicted molar refractivity (Wildman–Crippen MR) is 85.3 cm³/mol. The summed E-state index contributed by atoms with van der Waals surface area (Å²) in [5, 5.41) is 8.33. The van der Waals surface area contributed by atoms with Gasteiger partial charge in [-0.3, -0.25) is 0 Å². The summed E-state index contributed by atoms with van der Waals surface area (Å²) < 4.78 is 22.9. The number of nitrogens with zero attached hydrogens (tertiary/aromatic N) is 3. The molecule has 3 heterocycles. The smallest absolute Gasteiger partial charge is 0.246 e. The van der Waals surface area contributed by atoms with E-state index >= 15 is 0 Å². The number of hydrogen-bond acceptors (Lipinski definition) is 7. The molecule has 0 N–H and O–H groups in total. The lowest BCUT2D eigenvalue weighted by Gasteiger charge is -2.32. The van der Waals surface area contributed by atoms with Gasteiger partial charge in [0, 0.05) is 13.1 Å². The standard InChI is InChI=1S/C17H21N3O4/c1-11-9-20(2)10-15(23-11)17-19-18-16(24-17)8-12-3-4-13-14(7-12)22-6-5-21-13/h3-4,7,11,15H,5-6,8-10H2,1-2H3/t11-,15-/m1/s1. The van der Waals surface area contributed by atoms with Crippen molar-refractivity contribution < 1.29 is 18.6 Å². The van der Waals surface area contributed by atoms with E-state index in [1.165, 1.54) is 0 Å². The normalized spacial score (nSPS) is 24.1. The SMILES string of the molecule is C[C@@H]1CN(C)C[C@H](c2nnc(Cc3ccc4c(c3)OCCO4)o2)O1. The molecule has 7 heteroatoms. The maximum atomic E-state index is 5.91. The van der Waals surface area contributed by atoms with Crippen LogP contribution in [0.3, 0.4) is 0 Å². The Kier molecular flexibility index (Phi) is 4.12. The van der Waals surface area contributed by atoms with E-state index in [0.717, 1.165) is 30.2 Å². The van der Waals surface area contributed by atoms with Gasteiger partial charge in [0.25, 0.3) is 0 Å². The molecule has 0 bridgehead atoms. The number of hydrogen-bond donors (Lipinski definition) is 0. The Bertz CT molecular complexity index is 708. The van der Waals surface area contributed by atoms with Crippen LogP contribution in [-0.4, -0.2) is 54.6 Å². The van der Waals surface area contributed by atoms with Crippen molar-refractivity contribution in [2.24, 2.45) is 0 Å². The van der Waals surface area contributed by atoms with E-state index in [1.54, 1.807) is 0 Å². The third-order valence-corrected chi connectivity index (χ3v) is 4.16. The summed E-state index contributed by atoms with van der Waals surface area (Å²) in [4.78, 5) is 2.21. The van der Waals surface area contributed by atoms with E-state index in [0.29, 0.717) is 31.4 Å². The summed E-state index contributed by atoms with van der Waals surface area (Å²) in [5.74, 6) is 2.67. The zero-order valence-electron chi connectivity index (χ0n) is 13.9. The van der Waals surface area contributed by atoms with Gasteiger partial charge in [-0.15, -0.1) is 10.2 Å². The van der Waals surface area contributed by atoms with Crippen molar-refractivity contribution in [1.29, 1.82) is 0 Å². The molecular formula is C17H21N3O4. The number of morpholine rings is 1. The van der Waals surface area contributed by atoms with Crippen molar-refractivity contribution >= 4 is 0 Å². The highest BCUT2D eigenvalue weighted by Crippen LogP contribution is 2.31. The lowest BCUT2D eigenvalue weighted by Crippen LogP contribution is -2.40. The van der Waals surface area contributed by atoms with Crippen molar-refractivity contribution in [3.8, 4) is 11.5 Å². The largest absolute Gasteiger partial charge is 0.486 e. The molecule has 4 rings (SSSR count). The number of benzene rings is 1. The van der Waals surface area contributed by atoms with E-state index < -0.39 is 0 Å². The van der Waals surface area contributed by atoms with Gasteiger partial charge in [0.15, 0.2) is 11.5 Å². The van der Waals surface area contributed by atoms with Gasteiger partial charge in [-0.1, -0.05) is 6.07 Å². The highest BCUT2D eigenvalue weighted by Gasteiger charge is 2.28. The van der Waals surface area contributed by atoms with E-state index in [1.807, 2.05) is 18.2 Å². The molecule has 2 aliphatic rings. The first-order valence-electron chi connectivity index (χ1n) is 8.22. The number of fused-ring (bicyclic) bond motifs is 1. The van der Waals surface area contributed by atoms with Crippen LogP contribution in [0.1, 0.15) is 30.4 Å². The van der Waals surface area contributed by atoms with E-state index in [4.69, 9.17) is 18.6 Å². The molecule has 7 nitrogen and oxygen atoms in total. The highest BCUT2D eigenvalue weighted by atomic mass is 16.6. The second-order valence-electron chi connectivity index (χ2n) is 6.35. The lowest BCUT2D eigenvalue weighted by atomic mass is 10.1. The molecule has 0 amide bonds. The van der Waals surface area contributed by atoms with Gasteiger partial charge >= 0.3 is 0 Å². The second-order valence-corrected chi connectivity index (χ2v) is 6.35. The molecule has 1 fully saturated rings. The first kappa shape index (κ1) is 15.4. The summed E-state index contributed by atoms with van der Waals surface area (Å²) >= 11 is 0. The van der Waals surface area contributed by atoms with Crippen molar-refractivity contribution in [2.45, 2.75) is 25.6 Å². The molecule has 0 radical (unpaired) electrons.